The van der Waals surface area contributed by atoms with Gasteiger partial charge in [-0.3, -0.25) is 9.69 Å². The van der Waals surface area contributed by atoms with Gasteiger partial charge in [0.15, 0.2) is 5.69 Å². The Kier molecular flexibility index (Phi) is 7.16. The highest BCUT2D eigenvalue weighted by molar-refractivity contribution is 5.91. The maximum atomic E-state index is 11.9. The Balaban J connectivity index is 1.56. The number of amides is 1. The fourth-order valence-corrected chi connectivity index (χ4v) is 3.36. The van der Waals surface area contributed by atoms with E-state index in [1.165, 1.54) is 0 Å². The summed E-state index contributed by atoms with van der Waals surface area (Å²) in [5, 5.41) is 19.5. The highest BCUT2D eigenvalue weighted by Gasteiger charge is 2.22. The molecule has 8 nitrogen and oxygen atoms in total. The Bertz CT molecular complexity index is 805. The van der Waals surface area contributed by atoms with Gasteiger partial charge in [-0.15, -0.1) is 5.10 Å². The lowest BCUT2D eigenvalue weighted by molar-refractivity contribution is 0.0939. The van der Waals surface area contributed by atoms with Crippen molar-refractivity contribution in [3.05, 3.63) is 47.8 Å². The number of carbonyl (C=O) groups excluding carboxylic acids is 1. The molecule has 2 heterocycles. The van der Waals surface area contributed by atoms with Crippen LogP contribution < -0.4 is 10.1 Å². The SMILES string of the molecule is COc1ccccc1C=CCN1CCCC(n2cc(C(=O)NCCO)nn2)C1. The molecule has 1 aliphatic heterocycles. The number of carbonyl (C=O) groups is 1. The lowest BCUT2D eigenvalue weighted by atomic mass is 10.1. The number of methoxy groups -OCH3 is 1. The second-order valence-electron chi connectivity index (χ2n) is 6.76. The third kappa shape index (κ3) is 5.17. The van der Waals surface area contributed by atoms with E-state index in [0.717, 1.165) is 43.8 Å². The van der Waals surface area contributed by atoms with Crippen LogP contribution in [0.2, 0.25) is 0 Å². The van der Waals surface area contributed by atoms with Gasteiger partial charge in [-0.25, -0.2) is 4.68 Å². The summed E-state index contributed by atoms with van der Waals surface area (Å²) in [6.07, 6.45) is 8.00. The van der Waals surface area contributed by atoms with Crippen molar-refractivity contribution in [3.8, 4) is 5.75 Å². The Morgan fingerprint density at radius 3 is 3.11 bits per heavy atom. The van der Waals surface area contributed by atoms with Gasteiger partial charge in [0.1, 0.15) is 5.75 Å². The fraction of sp³-hybridized carbons (Fsp3) is 0.450. The molecule has 1 amide bonds. The van der Waals surface area contributed by atoms with Crippen molar-refractivity contribution >= 4 is 12.0 Å². The molecule has 0 aliphatic carbocycles. The summed E-state index contributed by atoms with van der Waals surface area (Å²) in [4.78, 5) is 14.3. The second-order valence-corrected chi connectivity index (χ2v) is 6.76. The number of likely N-dealkylation sites (tertiary alicyclic amines) is 1. The molecule has 0 saturated carbocycles. The normalized spacial score (nSPS) is 17.7. The molecule has 2 N–H and O–H groups in total. The van der Waals surface area contributed by atoms with Gasteiger partial charge in [-0.1, -0.05) is 35.6 Å². The topological polar surface area (TPSA) is 92.5 Å². The minimum Gasteiger partial charge on any atom is -0.496 e. The third-order valence-corrected chi connectivity index (χ3v) is 4.79. The third-order valence-electron chi connectivity index (χ3n) is 4.79. The molecule has 28 heavy (non-hydrogen) atoms. The zero-order valence-electron chi connectivity index (χ0n) is 16.1. The number of para-hydroxylation sites is 1. The van der Waals surface area contributed by atoms with Crippen molar-refractivity contribution in [1.82, 2.24) is 25.2 Å². The zero-order valence-corrected chi connectivity index (χ0v) is 16.1. The van der Waals surface area contributed by atoms with E-state index >= 15 is 0 Å². The average Bonchev–Trinajstić information content (AvgIpc) is 3.23. The monoisotopic (exact) mass is 385 g/mol. The quantitative estimate of drug-likeness (QED) is 0.713. The smallest absolute Gasteiger partial charge is 0.273 e. The van der Waals surface area contributed by atoms with Crippen molar-refractivity contribution in [3.63, 3.8) is 0 Å². The van der Waals surface area contributed by atoms with E-state index in [4.69, 9.17) is 9.84 Å². The molecular formula is C20H27N5O3. The van der Waals surface area contributed by atoms with Crippen LogP contribution in [0.5, 0.6) is 5.75 Å². The number of piperidine rings is 1. The van der Waals surface area contributed by atoms with Gasteiger partial charge in [0.05, 0.1) is 26.0 Å². The molecule has 0 bridgehead atoms. The minimum atomic E-state index is -0.312. The summed E-state index contributed by atoms with van der Waals surface area (Å²) in [7, 11) is 1.68. The van der Waals surface area contributed by atoms with Gasteiger partial charge in [-0.2, -0.15) is 0 Å². The minimum absolute atomic E-state index is 0.0974. The van der Waals surface area contributed by atoms with Gasteiger partial charge in [0.2, 0.25) is 0 Å². The molecule has 1 aliphatic rings. The van der Waals surface area contributed by atoms with Crippen molar-refractivity contribution in [2.24, 2.45) is 0 Å². The van der Waals surface area contributed by atoms with Crippen LogP contribution in [0, 0.1) is 0 Å². The summed E-state index contributed by atoms with van der Waals surface area (Å²) in [5.74, 6) is 0.553. The molecule has 0 spiro atoms. The molecule has 1 fully saturated rings. The maximum absolute atomic E-state index is 11.9. The number of rotatable bonds is 8. The van der Waals surface area contributed by atoms with E-state index in [1.807, 2.05) is 24.3 Å². The van der Waals surface area contributed by atoms with Crippen molar-refractivity contribution < 1.29 is 14.6 Å². The van der Waals surface area contributed by atoms with E-state index in [-0.39, 0.29) is 30.8 Å². The van der Waals surface area contributed by atoms with Crippen LogP contribution in [0.3, 0.4) is 0 Å². The summed E-state index contributed by atoms with van der Waals surface area (Å²) >= 11 is 0. The van der Waals surface area contributed by atoms with E-state index in [2.05, 4.69) is 32.7 Å². The van der Waals surface area contributed by atoms with Crippen LogP contribution in [0.1, 0.15) is 34.9 Å². The molecule has 2 aromatic rings. The predicted octanol–water partition coefficient (Wildman–Crippen LogP) is 1.36. The molecule has 1 atom stereocenters. The number of hydrogen-bond donors (Lipinski definition) is 2. The molecule has 8 heteroatoms. The molecule has 1 aromatic carbocycles. The molecular weight excluding hydrogens is 358 g/mol. The first-order chi connectivity index (χ1) is 13.7. The van der Waals surface area contributed by atoms with E-state index in [9.17, 15) is 4.79 Å². The highest BCUT2D eigenvalue weighted by Crippen LogP contribution is 2.22. The number of hydrogen-bond acceptors (Lipinski definition) is 6. The Hall–Kier alpha value is -2.71. The average molecular weight is 385 g/mol. The maximum Gasteiger partial charge on any atom is 0.273 e. The van der Waals surface area contributed by atoms with E-state index < -0.39 is 0 Å². The lowest BCUT2D eigenvalue weighted by Gasteiger charge is -2.31. The van der Waals surface area contributed by atoms with Crippen molar-refractivity contribution in [2.75, 3.05) is 39.9 Å². The van der Waals surface area contributed by atoms with Gasteiger partial charge >= 0.3 is 0 Å². The number of aliphatic hydroxyl groups is 1. The summed E-state index contributed by atoms with van der Waals surface area (Å²) in [5.41, 5.74) is 1.34. The second kappa shape index (κ2) is 10.0. The fourth-order valence-electron chi connectivity index (χ4n) is 3.36. The van der Waals surface area contributed by atoms with E-state index in [0.29, 0.717) is 0 Å². The molecule has 0 radical (unpaired) electrons. The van der Waals surface area contributed by atoms with Crippen LogP contribution in [0.15, 0.2) is 36.5 Å². The Morgan fingerprint density at radius 2 is 2.29 bits per heavy atom. The van der Waals surface area contributed by atoms with Gasteiger partial charge < -0.3 is 15.2 Å². The van der Waals surface area contributed by atoms with Crippen molar-refractivity contribution in [2.45, 2.75) is 18.9 Å². The molecule has 1 aromatic heterocycles. The largest absolute Gasteiger partial charge is 0.496 e. The first-order valence-corrected chi connectivity index (χ1v) is 9.54. The predicted molar refractivity (Wildman–Crippen MR) is 106 cm³/mol. The van der Waals surface area contributed by atoms with Crippen LogP contribution in [0.25, 0.3) is 6.08 Å². The van der Waals surface area contributed by atoms with Crippen LogP contribution in [-0.4, -0.2) is 70.8 Å². The van der Waals surface area contributed by atoms with Crippen LogP contribution in [0.4, 0.5) is 0 Å². The lowest BCUT2D eigenvalue weighted by Crippen LogP contribution is -2.36. The van der Waals surface area contributed by atoms with E-state index in [1.54, 1.807) is 18.0 Å². The number of ether oxygens (including phenoxy) is 1. The number of nitrogens with one attached hydrogen (secondary N) is 1. The first-order valence-electron chi connectivity index (χ1n) is 9.54. The number of aromatic nitrogens is 3. The van der Waals surface area contributed by atoms with Gasteiger partial charge in [0.25, 0.3) is 5.91 Å². The van der Waals surface area contributed by atoms with Crippen molar-refractivity contribution in [1.29, 1.82) is 0 Å². The number of benzene rings is 1. The Labute approximate surface area is 164 Å². The molecule has 150 valence electrons. The molecule has 1 saturated heterocycles. The van der Waals surface area contributed by atoms with Crippen LogP contribution >= 0.6 is 0 Å². The Morgan fingerprint density at radius 1 is 1.43 bits per heavy atom. The van der Waals surface area contributed by atoms with Crippen LogP contribution in [-0.2, 0) is 0 Å². The highest BCUT2D eigenvalue weighted by atomic mass is 16.5. The number of aliphatic hydroxyl groups excluding tert-OH is 1. The van der Waals surface area contributed by atoms with Gasteiger partial charge in [-0.05, 0) is 25.5 Å². The van der Waals surface area contributed by atoms with Gasteiger partial charge in [0, 0.05) is 25.2 Å². The first kappa shape index (κ1) is 20.0. The zero-order chi connectivity index (χ0) is 19.8. The number of nitrogens with zero attached hydrogens (tertiary/aromatic N) is 4. The summed E-state index contributed by atoms with van der Waals surface area (Å²) < 4.78 is 7.16. The summed E-state index contributed by atoms with van der Waals surface area (Å²) in [6, 6.07) is 8.14. The molecule has 1 unspecified atom stereocenters. The standard InChI is InChI=1S/C20H27N5O3/c1-28-19-9-3-2-6-16(19)7-4-11-24-12-5-8-17(14-24)25-15-18(22-23-25)20(27)21-10-13-26/h2-4,6-7,9,15,17,26H,5,8,10-14H2,1H3,(H,21,27). The molecule has 3 rings (SSSR count). The summed E-state index contributed by atoms with van der Waals surface area (Å²) in [6.45, 7) is 2.84.